The molecular formula is C26H34N6O9S. The van der Waals surface area contributed by atoms with E-state index >= 15 is 0 Å². The van der Waals surface area contributed by atoms with Crippen LogP contribution in [0.25, 0.3) is 11.0 Å². The highest BCUT2D eigenvalue weighted by molar-refractivity contribution is 7.98. The molecule has 1 saturated heterocycles. The summed E-state index contributed by atoms with van der Waals surface area (Å²) < 4.78 is 29.3. The first-order valence-corrected chi connectivity index (χ1v) is 14.1. The smallest absolute Gasteiger partial charge is 0.349 e. The van der Waals surface area contributed by atoms with Gasteiger partial charge in [-0.25, -0.2) is 24.7 Å². The summed E-state index contributed by atoms with van der Waals surface area (Å²) in [6.45, 7) is 6.70. The third kappa shape index (κ3) is 7.42. The molecule has 16 heteroatoms. The van der Waals surface area contributed by atoms with Gasteiger partial charge in [0.15, 0.2) is 34.6 Å². The van der Waals surface area contributed by atoms with E-state index in [1.54, 1.807) is 38.5 Å². The summed E-state index contributed by atoms with van der Waals surface area (Å²) in [4.78, 5) is 68.0. The molecule has 0 bridgehead atoms. The number of carbonyl (C=O) groups excluding carboxylic acids is 4. The second kappa shape index (κ2) is 13.7. The third-order valence-electron chi connectivity index (χ3n) is 5.86. The molecule has 2 aromatic heterocycles. The van der Waals surface area contributed by atoms with Crippen molar-refractivity contribution in [3.63, 3.8) is 0 Å². The van der Waals surface area contributed by atoms with Crippen molar-refractivity contribution in [3.8, 4) is 0 Å². The number of ether oxygens (including phenoxy) is 5. The predicted octanol–water partition coefficient (Wildman–Crippen LogP) is 2.35. The largest absolute Gasteiger partial charge is 0.463 e. The number of hydrogen-bond acceptors (Lipinski definition) is 14. The minimum absolute atomic E-state index is 0.156. The molecule has 1 fully saturated rings. The lowest BCUT2D eigenvalue weighted by Crippen LogP contribution is -2.50. The normalized spacial score (nSPS) is 22.0. The van der Waals surface area contributed by atoms with Crippen LogP contribution in [-0.2, 0) is 42.9 Å². The number of thioether (sulfide) groups is 1. The molecule has 228 valence electrons. The minimum atomic E-state index is -1.63. The van der Waals surface area contributed by atoms with Gasteiger partial charge in [-0.15, -0.1) is 0 Å². The molecule has 3 rings (SSSR count). The van der Waals surface area contributed by atoms with Gasteiger partial charge in [-0.05, 0) is 20.1 Å². The van der Waals surface area contributed by atoms with Gasteiger partial charge in [0.1, 0.15) is 18.9 Å². The first-order chi connectivity index (χ1) is 19.8. The molecule has 1 aliphatic rings. The van der Waals surface area contributed by atoms with E-state index in [1.165, 1.54) is 50.2 Å². The Balaban J connectivity index is 2.33. The molecule has 0 amide bonds. The van der Waals surface area contributed by atoms with Crippen molar-refractivity contribution in [2.24, 2.45) is 9.98 Å². The Morgan fingerprint density at radius 1 is 1.12 bits per heavy atom. The van der Waals surface area contributed by atoms with E-state index < -0.39 is 47.9 Å². The summed E-state index contributed by atoms with van der Waals surface area (Å²) in [5, 5.41) is 0.710. The van der Waals surface area contributed by atoms with Crippen molar-refractivity contribution in [2.45, 2.75) is 63.8 Å². The molecule has 42 heavy (non-hydrogen) atoms. The highest BCUT2D eigenvalue weighted by atomic mass is 32.2. The van der Waals surface area contributed by atoms with Crippen molar-refractivity contribution in [1.82, 2.24) is 19.4 Å². The quantitative estimate of drug-likeness (QED) is 0.0912. The van der Waals surface area contributed by atoms with Crippen LogP contribution in [0.4, 0.5) is 11.5 Å². The molecular weight excluding hydrogens is 572 g/mol. The van der Waals surface area contributed by atoms with Gasteiger partial charge < -0.3 is 28.6 Å². The van der Waals surface area contributed by atoms with Crippen molar-refractivity contribution in [3.05, 3.63) is 6.20 Å². The maximum absolute atomic E-state index is 12.4. The Labute approximate surface area is 246 Å². The van der Waals surface area contributed by atoms with Gasteiger partial charge in [-0.2, -0.15) is 0 Å². The number of nitrogens with zero attached hydrogens (tertiary/aromatic N) is 6. The first kappa shape index (κ1) is 32.5. The lowest BCUT2D eigenvalue weighted by molar-refractivity contribution is -0.184. The van der Waals surface area contributed by atoms with E-state index in [1.807, 2.05) is 0 Å². The van der Waals surface area contributed by atoms with Crippen LogP contribution in [0.1, 0.15) is 40.8 Å². The molecule has 0 spiro atoms. The molecule has 0 aliphatic carbocycles. The highest BCUT2D eigenvalue weighted by Crippen LogP contribution is 2.47. The van der Waals surface area contributed by atoms with E-state index in [9.17, 15) is 19.2 Å². The minimum Gasteiger partial charge on any atom is -0.463 e. The van der Waals surface area contributed by atoms with E-state index in [0.29, 0.717) is 10.5 Å². The summed E-state index contributed by atoms with van der Waals surface area (Å²) in [6, 6.07) is 0. The number of rotatable bonds is 11. The molecule has 0 radical (unpaired) electrons. The summed E-state index contributed by atoms with van der Waals surface area (Å²) in [5.74, 6) is -2.35. The second-order valence-electron chi connectivity index (χ2n) is 9.51. The Morgan fingerprint density at radius 3 is 2.40 bits per heavy atom. The standard InChI is InChI=1S/C26H34N6O9S/c1-9-37-19(36)10-27-17-11-32(23-20(17)22(28-13-31(6)7)29-25(30-23)42-8)24-26(5,41-16(4)35)21(39-15(3)34)18(40-24)12-38-14(2)33/h10-11,13,18,21,24H,9,12H2,1-8H3/b27-10?,28-13+/t18-,21-,24?,26-/m1/s1. The van der Waals surface area contributed by atoms with Gasteiger partial charge in [0.05, 0.1) is 24.0 Å². The van der Waals surface area contributed by atoms with Crippen molar-refractivity contribution in [1.29, 1.82) is 0 Å². The lowest BCUT2D eigenvalue weighted by atomic mass is 9.95. The number of aromatic nitrogens is 3. The van der Waals surface area contributed by atoms with Crippen molar-refractivity contribution in [2.75, 3.05) is 33.6 Å². The van der Waals surface area contributed by atoms with E-state index in [0.717, 1.165) is 6.21 Å². The molecule has 3 heterocycles. The molecule has 0 N–H and O–H groups in total. The highest BCUT2D eigenvalue weighted by Gasteiger charge is 2.60. The lowest BCUT2D eigenvalue weighted by Gasteiger charge is -2.34. The average Bonchev–Trinajstić information content (AvgIpc) is 3.38. The van der Waals surface area contributed by atoms with Crippen LogP contribution in [-0.4, -0.2) is 107 Å². The number of aliphatic imine (C=N–C) groups is 2. The molecule has 1 aliphatic heterocycles. The zero-order valence-corrected chi connectivity index (χ0v) is 25.5. The maximum Gasteiger partial charge on any atom is 0.349 e. The topological polar surface area (TPSA) is 173 Å². The molecule has 4 atom stereocenters. The van der Waals surface area contributed by atoms with Gasteiger partial charge in [0.2, 0.25) is 0 Å². The maximum atomic E-state index is 12.4. The fraction of sp³-hybridized carbons (Fsp3) is 0.538. The third-order valence-corrected chi connectivity index (χ3v) is 6.41. The zero-order chi connectivity index (χ0) is 31.2. The van der Waals surface area contributed by atoms with Crippen LogP contribution in [0, 0.1) is 0 Å². The number of carbonyl (C=O) groups is 4. The van der Waals surface area contributed by atoms with Crippen LogP contribution in [0.3, 0.4) is 0 Å². The first-order valence-electron chi connectivity index (χ1n) is 12.8. The van der Waals surface area contributed by atoms with Crippen LogP contribution < -0.4 is 0 Å². The van der Waals surface area contributed by atoms with E-state index in [2.05, 4.69) is 20.0 Å². The fourth-order valence-electron chi connectivity index (χ4n) is 4.36. The summed E-state index contributed by atoms with van der Waals surface area (Å²) in [7, 11) is 3.58. The van der Waals surface area contributed by atoms with E-state index in [-0.39, 0.29) is 30.4 Å². The Bertz CT molecular complexity index is 1410. The molecule has 2 aromatic rings. The summed E-state index contributed by atoms with van der Waals surface area (Å²) in [6.07, 6.45) is 2.49. The Kier molecular flexibility index (Phi) is 10.6. The van der Waals surface area contributed by atoms with Crippen molar-refractivity contribution < 1.29 is 42.9 Å². The summed E-state index contributed by atoms with van der Waals surface area (Å²) >= 11 is 1.26. The van der Waals surface area contributed by atoms with Crippen LogP contribution >= 0.6 is 11.8 Å². The van der Waals surface area contributed by atoms with E-state index in [4.69, 9.17) is 23.7 Å². The molecule has 15 nitrogen and oxygen atoms in total. The number of fused-ring (bicyclic) bond motifs is 1. The molecule has 1 unspecified atom stereocenters. The number of hydrogen-bond donors (Lipinski definition) is 0. The van der Waals surface area contributed by atoms with Gasteiger partial charge >= 0.3 is 23.9 Å². The van der Waals surface area contributed by atoms with Crippen LogP contribution in [0.5, 0.6) is 0 Å². The number of esters is 4. The molecule has 0 saturated carbocycles. The van der Waals surface area contributed by atoms with Crippen molar-refractivity contribution >= 4 is 70.7 Å². The Morgan fingerprint density at radius 2 is 1.83 bits per heavy atom. The SMILES string of the molecule is CCOC(=O)C=Nc1cn(C2O[C@H](COC(C)=O)[C@@H](OC(C)=O)[C@@]2(C)OC(C)=O)c2nc(SC)nc(/N=C/N(C)C)c12. The van der Waals surface area contributed by atoms with Crippen LogP contribution in [0.2, 0.25) is 0 Å². The van der Waals surface area contributed by atoms with Gasteiger partial charge in [-0.3, -0.25) is 19.0 Å². The summed E-state index contributed by atoms with van der Waals surface area (Å²) in [5.41, 5.74) is -1.12. The Hall–Kier alpha value is -4.05. The van der Waals surface area contributed by atoms with Gasteiger partial charge in [-0.1, -0.05) is 11.8 Å². The molecule has 0 aromatic carbocycles. The second-order valence-corrected chi connectivity index (χ2v) is 10.3. The van der Waals surface area contributed by atoms with Gasteiger partial charge in [0, 0.05) is 41.1 Å². The van der Waals surface area contributed by atoms with Gasteiger partial charge in [0.25, 0.3) is 0 Å². The fourth-order valence-corrected chi connectivity index (χ4v) is 4.72. The average molecular weight is 607 g/mol. The predicted molar refractivity (Wildman–Crippen MR) is 152 cm³/mol. The monoisotopic (exact) mass is 606 g/mol. The van der Waals surface area contributed by atoms with Crippen LogP contribution in [0.15, 0.2) is 21.3 Å². The zero-order valence-electron chi connectivity index (χ0n) is 24.6.